The molecule has 2 unspecified atom stereocenters. The highest BCUT2D eigenvalue weighted by molar-refractivity contribution is 5.91. The summed E-state index contributed by atoms with van der Waals surface area (Å²) in [5, 5.41) is 8.03. The fourth-order valence-electron chi connectivity index (χ4n) is 5.27. The molecule has 2 aromatic rings. The van der Waals surface area contributed by atoms with E-state index in [-0.39, 0.29) is 0 Å². The number of anilines is 1. The van der Waals surface area contributed by atoms with Gasteiger partial charge < -0.3 is 14.7 Å². The molecule has 36 heavy (non-hydrogen) atoms. The van der Waals surface area contributed by atoms with Gasteiger partial charge in [0.25, 0.3) is 0 Å². The fourth-order valence-corrected chi connectivity index (χ4v) is 5.27. The van der Waals surface area contributed by atoms with Gasteiger partial charge in [0.1, 0.15) is 5.82 Å². The first-order valence-electron chi connectivity index (χ1n) is 13.8. The van der Waals surface area contributed by atoms with Crippen molar-refractivity contribution in [3.05, 3.63) is 29.6 Å². The van der Waals surface area contributed by atoms with Gasteiger partial charge in [-0.2, -0.15) is 9.97 Å². The third-order valence-electron chi connectivity index (χ3n) is 7.12. The van der Waals surface area contributed by atoms with Crippen LogP contribution in [0.25, 0.3) is 10.9 Å². The van der Waals surface area contributed by atoms with Gasteiger partial charge in [-0.25, -0.2) is 0 Å². The van der Waals surface area contributed by atoms with Crippen molar-refractivity contribution in [3.63, 3.8) is 0 Å². The lowest BCUT2D eigenvalue weighted by atomic mass is 10.1. The zero-order valence-electron chi connectivity index (χ0n) is 23.8. The Hall–Kier alpha value is -2.25. The molecule has 3 aliphatic rings. The van der Waals surface area contributed by atoms with Crippen LogP contribution in [-0.2, 0) is 0 Å². The molecule has 7 nitrogen and oxygen atoms in total. The molecule has 0 aliphatic carbocycles. The van der Waals surface area contributed by atoms with Crippen LogP contribution in [0, 0.1) is 19.8 Å². The predicted molar refractivity (Wildman–Crippen MR) is 151 cm³/mol. The quantitative estimate of drug-likeness (QED) is 0.542. The van der Waals surface area contributed by atoms with Crippen LogP contribution in [0.3, 0.4) is 0 Å². The molecule has 0 spiro atoms. The van der Waals surface area contributed by atoms with Crippen LogP contribution in [-0.4, -0.2) is 70.9 Å². The van der Waals surface area contributed by atoms with Crippen molar-refractivity contribution in [1.82, 2.24) is 19.9 Å². The van der Waals surface area contributed by atoms with E-state index in [2.05, 4.69) is 40.2 Å². The second kappa shape index (κ2) is 15.1. The van der Waals surface area contributed by atoms with Crippen LogP contribution in [0.4, 0.5) is 5.82 Å². The number of ether oxygens (including phenoxy) is 1. The summed E-state index contributed by atoms with van der Waals surface area (Å²) in [7, 11) is 1.00. The topological polar surface area (TPSA) is 74.6 Å². The van der Waals surface area contributed by atoms with Crippen LogP contribution in [0.1, 0.15) is 77.5 Å². The van der Waals surface area contributed by atoms with Gasteiger partial charge in [0, 0.05) is 44.7 Å². The number of hydrogen-bond donors (Lipinski definition) is 1. The van der Waals surface area contributed by atoms with Gasteiger partial charge in [0.05, 0.1) is 17.5 Å². The zero-order chi connectivity index (χ0) is 26.7. The largest absolute Gasteiger partial charge is 0.464 e. The van der Waals surface area contributed by atoms with Crippen molar-refractivity contribution in [3.8, 4) is 6.01 Å². The maximum Gasteiger partial charge on any atom is 0.318 e. The molecule has 0 bridgehead atoms. The molecule has 202 valence electrons. The van der Waals surface area contributed by atoms with Gasteiger partial charge in [-0.15, -0.1) is 0 Å². The van der Waals surface area contributed by atoms with Crippen LogP contribution in [0.5, 0.6) is 6.01 Å². The highest BCUT2D eigenvalue weighted by atomic mass is 16.5. The van der Waals surface area contributed by atoms with E-state index in [1.54, 1.807) is 0 Å². The Labute approximate surface area is 219 Å². The number of nitrogens with zero attached hydrogens (tertiary/aromatic N) is 5. The third-order valence-corrected chi connectivity index (χ3v) is 7.12. The molecule has 5 rings (SSSR count). The van der Waals surface area contributed by atoms with E-state index in [1.807, 2.05) is 33.9 Å². The summed E-state index contributed by atoms with van der Waals surface area (Å²) in [6.45, 7) is 21.5. The first-order chi connectivity index (χ1) is 17.5. The van der Waals surface area contributed by atoms with Gasteiger partial charge in [-0.05, 0) is 70.9 Å². The number of hydrogen-bond acceptors (Lipinski definition) is 7. The van der Waals surface area contributed by atoms with Gasteiger partial charge in [0.15, 0.2) is 0 Å². The summed E-state index contributed by atoms with van der Waals surface area (Å²) in [5.41, 5.74) is 4.52. The van der Waals surface area contributed by atoms with Crippen LogP contribution >= 0.6 is 0 Å². The summed E-state index contributed by atoms with van der Waals surface area (Å²) in [4.78, 5) is 18.8. The summed E-state index contributed by atoms with van der Waals surface area (Å²) >= 11 is 0. The molecule has 0 amide bonds. The van der Waals surface area contributed by atoms with Crippen molar-refractivity contribution >= 4 is 16.7 Å². The van der Waals surface area contributed by atoms with E-state index in [1.165, 1.54) is 57.2 Å². The molecular weight excluding hydrogens is 450 g/mol. The summed E-state index contributed by atoms with van der Waals surface area (Å²) in [5.74, 6) is 1.65. The number of aromatic nitrogens is 3. The third kappa shape index (κ3) is 7.62. The number of fused-ring (bicyclic) bond motifs is 2. The Morgan fingerprint density at radius 2 is 1.83 bits per heavy atom. The maximum absolute atomic E-state index is 7.00. The first-order valence-corrected chi connectivity index (χ1v) is 13.8. The van der Waals surface area contributed by atoms with Crippen LogP contribution < -0.4 is 9.64 Å². The normalized spacial score (nSPS) is 21.3. The van der Waals surface area contributed by atoms with E-state index in [9.17, 15) is 0 Å². The number of aryl methyl sites for hydroxylation is 2. The Kier molecular flexibility index (Phi) is 12.6. The van der Waals surface area contributed by atoms with E-state index < -0.39 is 0 Å². The lowest BCUT2D eigenvalue weighted by Crippen LogP contribution is -2.28. The standard InChI is InChI=1S/C18H26N4O.C8H13N.C2H6.CH4O/c1-5-23-18-20-16-13(3)14(4)19-10-15(16)17(21-18)22-9-7-6-8-12(2)11-22;1-7-5-8-3-2-4-9(8)6-7;2*1-2/h10,12H,5-9,11H2,1-4H3;8H,1-6H2;1-2H3;2H,1H3. The summed E-state index contributed by atoms with van der Waals surface area (Å²) in [6, 6.07) is 1.36. The van der Waals surface area contributed by atoms with Gasteiger partial charge in [-0.3, -0.25) is 9.88 Å². The summed E-state index contributed by atoms with van der Waals surface area (Å²) < 4.78 is 5.63. The molecule has 3 saturated heterocycles. The monoisotopic (exact) mass is 499 g/mol. The molecule has 1 N–H and O–H groups in total. The van der Waals surface area contributed by atoms with Crippen molar-refractivity contribution in [2.45, 2.75) is 86.1 Å². The Bertz CT molecular complexity index is 950. The second-order valence-electron chi connectivity index (χ2n) is 9.76. The number of aliphatic hydroxyl groups excluding tert-OH is 1. The molecule has 5 heterocycles. The zero-order valence-corrected chi connectivity index (χ0v) is 23.8. The highest BCUT2D eigenvalue weighted by Crippen LogP contribution is 2.31. The molecule has 2 atom stereocenters. The van der Waals surface area contributed by atoms with Crippen LogP contribution in [0.15, 0.2) is 18.3 Å². The Morgan fingerprint density at radius 1 is 1.08 bits per heavy atom. The minimum Gasteiger partial charge on any atom is -0.464 e. The number of pyridine rings is 1. The molecule has 7 heteroatoms. The predicted octanol–water partition coefficient (Wildman–Crippen LogP) is 5.71. The summed E-state index contributed by atoms with van der Waals surface area (Å²) in [6.07, 6.45) is 9.80. The second-order valence-corrected chi connectivity index (χ2v) is 9.76. The van der Waals surface area contributed by atoms with Gasteiger partial charge >= 0.3 is 6.01 Å². The fraction of sp³-hybridized carbons (Fsp3) is 0.690. The molecule has 0 aromatic carbocycles. The average Bonchev–Trinajstić information content (AvgIpc) is 3.39. The first kappa shape index (κ1) is 30.0. The lowest BCUT2D eigenvalue weighted by Gasteiger charge is -2.25. The van der Waals surface area contributed by atoms with Gasteiger partial charge in [0.2, 0.25) is 0 Å². The number of rotatable bonds is 3. The molecule has 0 radical (unpaired) electrons. The Balaban J connectivity index is 0.000000290. The SMILES string of the molecule is C=C1CC2CCCN2C1.CC.CCOc1nc(N2CCCCC(C)C2)c2cnc(C)c(C)c2n1.CO. The maximum atomic E-state index is 7.00. The van der Waals surface area contributed by atoms with E-state index in [0.717, 1.165) is 54.2 Å². The molecule has 2 aromatic heterocycles. The van der Waals surface area contributed by atoms with E-state index >= 15 is 0 Å². The lowest BCUT2D eigenvalue weighted by molar-refractivity contribution is 0.314. The van der Waals surface area contributed by atoms with E-state index in [4.69, 9.17) is 14.8 Å². The molecular formula is C29H49N5O2. The Morgan fingerprint density at radius 3 is 2.53 bits per heavy atom. The highest BCUT2D eigenvalue weighted by Gasteiger charge is 2.30. The van der Waals surface area contributed by atoms with Crippen LogP contribution in [0.2, 0.25) is 0 Å². The smallest absolute Gasteiger partial charge is 0.318 e. The molecule has 0 saturated carbocycles. The minimum absolute atomic E-state index is 0.473. The van der Waals surface area contributed by atoms with Crippen molar-refractivity contribution in [2.24, 2.45) is 5.92 Å². The number of aliphatic hydroxyl groups is 1. The molecule has 3 aliphatic heterocycles. The van der Waals surface area contributed by atoms with Gasteiger partial charge in [-0.1, -0.05) is 39.3 Å². The molecule has 3 fully saturated rings. The van der Waals surface area contributed by atoms with Crippen molar-refractivity contribution in [1.29, 1.82) is 0 Å². The van der Waals surface area contributed by atoms with E-state index in [0.29, 0.717) is 18.5 Å². The van der Waals surface area contributed by atoms with Crippen molar-refractivity contribution < 1.29 is 9.84 Å². The minimum atomic E-state index is 0.473. The average molecular weight is 500 g/mol. The van der Waals surface area contributed by atoms with Crippen molar-refractivity contribution in [2.75, 3.05) is 44.8 Å².